The van der Waals surface area contributed by atoms with Crippen LogP contribution in [0.3, 0.4) is 0 Å². The first-order chi connectivity index (χ1) is 3.92. The summed E-state index contributed by atoms with van der Waals surface area (Å²) in [5.41, 5.74) is 0. The average Bonchev–Trinajstić information content (AvgIpc) is 1.59. The van der Waals surface area contributed by atoms with Crippen LogP contribution in [-0.2, 0) is 0 Å². The summed E-state index contributed by atoms with van der Waals surface area (Å²) in [6, 6.07) is 0.272. The third kappa shape index (κ3) is 8.66. The molecule has 0 fully saturated rings. The van der Waals surface area contributed by atoms with Gasteiger partial charge in [0.15, 0.2) is 0 Å². The summed E-state index contributed by atoms with van der Waals surface area (Å²) in [5, 5.41) is 0. The molecule has 0 aromatic carbocycles. The number of halogens is 4. The third-order valence-corrected chi connectivity index (χ3v) is 3.10. The quantitative estimate of drug-likeness (QED) is 0.477. The Morgan fingerprint density at radius 1 is 1.44 bits per heavy atom. The van der Waals surface area contributed by atoms with E-state index in [1.807, 2.05) is 0 Å². The molecule has 0 unspecified atom stereocenters. The normalized spacial score (nSPS) is 12.7. The molecule has 0 atom stereocenters. The molecule has 0 aromatic heterocycles. The first kappa shape index (κ1) is 9.66. The minimum absolute atomic E-state index is 0.171. The summed E-state index contributed by atoms with van der Waals surface area (Å²) >= 11 is 11.1. The second-order valence-electron chi connectivity index (χ2n) is 2.00. The van der Waals surface area contributed by atoms with Crippen molar-refractivity contribution in [3.05, 3.63) is 0 Å². The summed E-state index contributed by atoms with van der Waals surface area (Å²) in [6.45, 7) is -0.618. The molecule has 0 saturated carbocycles. The molecule has 0 radical (unpaired) electrons. The Bertz CT molecular complexity index is 81.1. The Labute approximate surface area is 63.6 Å². The third-order valence-electron chi connectivity index (χ3n) is 0.802. The second-order valence-corrected chi connectivity index (χ2v) is 10.2. The molecule has 9 heavy (non-hydrogen) atoms. The molecular formula is C4H8Cl2F2Si. The van der Waals surface area contributed by atoms with Gasteiger partial charge in [-0.1, -0.05) is 0 Å². The smallest absolute Gasteiger partial charge is 0.211 e. The fraction of sp³-hybridized carbons (Fsp3) is 1.00. The van der Waals surface area contributed by atoms with E-state index in [1.165, 1.54) is 0 Å². The zero-order valence-corrected chi connectivity index (χ0v) is 7.52. The molecule has 0 aliphatic carbocycles. The average molecular weight is 193 g/mol. The van der Waals surface area contributed by atoms with Crippen molar-refractivity contribution < 1.29 is 8.78 Å². The molecule has 0 heterocycles. The molecule has 0 amide bonds. The number of hydrogen-bond acceptors (Lipinski definition) is 0. The van der Waals surface area contributed by atoms with Gasteiger partial charge in [0, 0.05) is 6.42 Å². The summed E-state index contributed by atoms with van der Waals surface area (Å²) in [5.74, 6) is 0. The molecule has 0 N–H and O–H groups in total. The Kier molecular flexibility index (Phi) is 4.01. The van der Waals surface area contributed by atoms with Crippen molar-refractivity contribution in [1.82, 2.24) is 0 Å². The molecule has 0 aromatic rings. The topological polar surface area (TPSA) is 0 Å². The van der Waals surface area contributed by atoms with E-state index in [0.717, 1.165) is 0 Å². The first-order valence-corrected chi connectivity index (χ1v) is 7.31. The van der Waals surface area contributed by atoms with Crippen LogP contribution in [0.5, 0.6) is 0 Å². The maximum atomic E-state index is 11.5. The van der Waals surface area contributed by atoms with Crippen LogP contribution in [-0.4, -0.2) is 13.1 Å². The Hall–Kier alpha value is 0.657. The maximum absolute atomic E-state index is 11.5. The predicted molar refractivity (Wildman–Crippen MR) is 38.8 cm³/mol. The van der Waals surface area contributed by atoms with Crippen molar-refractivity contribution in [2.75, 3.05) is 0 Å². The first-order valence-electron chi connectivity index (χ1n) is 2.58. The van der Waals surface area contributed by atoms with Gasteiger partial charge in [0.1, 0.15) is 0 Å². The van der Waals surface area contributed by atoms with Gasteiger partial charge < -0.3 is 0 Å². The highest BCUT2D eigenvalue weighted by atomic mass is 35.7. The van der Waals surface area contributed by atoms with Gasteiger partial charge in [-0.25, -0.2) is 8.78 Å². The van der Waals surface area contributed by atoms with Crippen LogP contribution in [0.15, 0.2) is 0 Å². The van der Waals surface area contributed by atoms with Crippen LogP contribution in [0.2, 0.25) is 12.6 Å². The Morgan fingerprint density at radius 3 is 2.00 bits per heavy atom. The van der Waals surface area contributed by atoms with Crippen molar-refractivity contribution in [2.45, 2.75) is 25.4 Å². The summed E-state index contributed by atoms with van der Waals surface area (Å²) in [4.78, 5) is 0. The van der Waals surface area contributed by atoms with Gasteiger partial charge in [0.05, 0.1) is 0 Å². The predicted octanol–water partition coefficient (Wildman–Crippen LogP) is 3.19. The lowest BCUT2D eigenvalue weighted by molar-refractivity contribution is 0.144. The van der Waals surface area contributed by atoms with Crippen LogP contribution in [0.1, 0.15) is 6.42 Å². The Morgan fingerprint density at radius 2 is 1.89 bits per heavy atom. The van der Waals surface area contributed by atoms with Gasteiger partial charge in [-0.15, -0.1) is 22.2 Å². The molecular weight excluding hydrogens is 185 g/mol. The highest BCUT2D eigenvalue weighted by Gasteiger charge is 2.22. The second kappa shape index (κ2) is 3.74. The zero-order chi connectivity index (χ0) is 7.49. The van der Waals surface area contributed by atoms with E-state index in [1.54, 1.807) is 6.55 Å². The fourth-order valence-corrected chi connectivity index (χ4v) is 1.74. The summed E-state index contributed by atoms with van der Waals surface area (Å²) in [6.07, 6.45) is -2.44. The number of rotatable bonds is 3. The van der Waals surface area contributed by atoms with E-state index in [-0.39, 0.29) is 12.5 Å². The lowest BCUT2D eigenvalue weighted by Crippen LogP contribution is -2.13. The molecule has 0 aliphatic heterocycles. The van der Waals surface area contributed by atoms with Crippen LogP contribution in [0.25, 0.3) is 0 Å². The van der Waals surface area contributed by atoms with Gasteiger partial charge in [-0.3, -0.25) is 0 Å². The zero-order valence-electron chi connectivity index (χ0n) is 5.00. The molecule has 56 valence electrons. The SMILES string of the molecule is C[Si](Cl)(Cl)CCC(F)F. The largest absolute Gasteiger partial charge is 0.248 e. The highest BCUT2D eigenvalue weighted by molar-refractivity contribution is 7.44. The van der Waals surface area contributed by atoms with E-state index in [4.69, 9.17) is 22.2 Å². The van der Waals surface area contributed by atoms with Crippen molar-refractivity contribution in [1.29, 1.82) is 0 Å². The molecule has 0 rings (SSSR count). The van der Waals surface area contributed by atoms with E-state index >= 15 is 0 Å². The van der Waals surface area contributed by atoms with Gasteiger partial charge in [0.25, 0.3) is 0 Å². The van der Waals surface area contributed by atoms with Gasteiger partial charge in [-0.05, 0) is 12.6 Å². The van der Waals surface area contributed by atoms with Crippen LogP contribution in [0.4, 0.5) is 8.78 Å². The molecule has 0 saturated heterocycles. The van der Waals surface area contributed by atoms with E-state index in [9.17, 15) is 8.78 Å². The minimum Gasteiger partial charge on any atom is -0.211 e. The summed E-state index contributed by atoms with van der Waals surface area (Å²) < 4.78 is 22.9. The summed E-state index contributed by atoms with van der Waals surface area (Å²) in [7, 11) is 0. The van der Waals surface area contributed by atoms with Gasteiger partial charge >= 0.3 is 0 Å². The Balaban J connectivity index is 3.28. The molecule has 0 aliphatic rings. The van der Waals surface area contributed by atoms with Crippen molar-refractivity contribution in [3.8, 4) is 0 Å². The van der Waals surface area contributed by atoms with Crippen LogP contribution >= 0.6 is 22.2 Å². The van der Waals surface area contributed by atoms with Gasteiger partial charge in [-0.2, -0.15) is 0 Å². The lowest BCUT2D eigenvalue weighted by Gasteiger charge is -2.07. The van der Waals surface area contributed by atoms with Crippen molar-refractivity contribution in [2.24, 2.45) is 0 Å². The van der Waals surface area contributed by atoms with E-state index in [2.05, 4.69) is 0 Å². The lowest BCUT2D eigenvalue weighted by atomic mass is 10.5. The number of alkyl halides is 2. The molecule has 0 nitrogen and oxygen atoms in total. The number of hydrogen-bond donors (Lipinski definition) is 0. The van der Waals surface area contributed by atoms with E-state index < -0.39 is 13.1 Å². The maximum Gasteiger partial charge on any atom is 0.248 e. The molecule has 0 spiro atoms. The monoisotopic (exact) mass is 192 g/mol. The minimum atomic E-state index is -2.27. The van der Waals surface area contributed by atoms with Crippen LogP contribution in [0, 0.1) is 0 Å². The fourth-order valence-electron chi connectivity index (χ4n) is 0.363. The highest BCUT2D eigenvalue weighted by Crippen LogP contribution is 2.23. The van der Waals surface area contributed by atoms with Crippen LogP contribution < -0.4 is 0 Å². The molecule has 0 bridgehead atoms. The van der Waals surface area contributed by atoms with Gasteiger partial charge in [0.2, 0.25) is 13.1 Å². The van der Waals surface area contributed by atoms with Crippen molar-refractivity contribution in [3.63, 3.8) is 0 Å². The standard InChI is InChI=1S/C4H8Cl2F2Si/c1-9(5,6)3-2-4(7)8/h4H,2-3H2,1H3. The van der Waals surface area contributed by atoms with E-state index in [0.29, 0.717) is 0 Å². The van der Waals surface area contributed by atoms with Crippen molar-refractivity contribution >= 4 is 28.9 Å². The molecule has 5 heteroatoms.